The van der Waals surface area contributed by atoms with Gasteiger partial charge in [-0.15, -0.1) is 0 Å². The Bertz CT molecular complexity index is 1070. The Morgan fingerprint density at radius 2 is 1.50 bits per heavy atom. The van der Waals surface area contributed by atoms with Crippen molar-refractivity contribution < 1.29 is 9.59 Å². The third kappa shape index (κ3) is 4.57. The first-order valence-corrected chi connectivity index (χ1v) is 13.8. The minimum atomic E-state index is -0.372. The molecule has 4 aliphatic rings. The smallest absolute Gasteiger partial charge is 0.245 e. The molecule has 4 heterocycles. The Labute approximate surface area is 214 Å². The molecule has 0 aliphatic carbocycles. The van der Waals surface area contributed by atoms with Crippen molar-refractivity contribution in [1.29, 1.82) is 0 Å². The third-order valence-corrected chi connectivity index (χ3v) is 9.23. The van der Waals surface area contributed by atoms with E-state index in [9.17, 15) is 9.59 Å². The number of carbonyl (C=O) groups excluding carboxylic acids is 2. The van der Waals surface area contributed by atoms with Gasteiger partial charge in [-0.1, -0.05) is 60.7 Å². The average molecular weight is 487 g/mol. The second-order valence-corrected chi connectivity index (χ2v) is 11.4. The highest BCUT2D eigenvalue weighted by atomic mass is 16.2. The summed E-state index contributed by atoms with van der Waals surface area (Å²) in [4.78, 5) is 31.8. The highest BCUT2D eigenvalue weighted by molar-refractivity contribution is 5.91. The van der Waals surface area contributed by atoms with Crippen LogP contribution in [0.3, 0.4) is 0 Å². The molecule has 4 fully saturated rings. The number of piperidine rings is 1. The van der Waals surface area contributed by atoms with E-state index < -0.39 is 0 Å². The minimum Gasteiger partial charge on any atom is -0.340 e. The van der Waals surface area contributed by atoms with Crippen molar-refractivity contribution in [2.75, 3.05) is 39.3 Å². The average Bonchev–Trinajstić information content (AvgIpc) is 3.69. The van der Waals surface area contributed by atoms with Gasteiger partial charge in [0, 0.05) is 38.0 Å². The number of hydrogen-bond acceptors (Lipinski definition) is 4. The Kier molecular flexibility index (Phi) is 6.57. The topological polar surface area (TPSA) is 64.7 Å². The summed E-state index contributed by atoms with van der Waals surface area (Å²) in [6, 6.07) is 20.4. The van der Waals surface area contributed by atoms with E-state index in [1.165, 1.54) is 11.1 Å². The van der Waals surface area contributed by atoms with Gasteiger partial charge in [-0.3, -0.25) is 9.59 Å². The fourth-order valence-corrected chi connectivity index (χ4v) is 7.08. The van der Waals surface area contributed by atoms with Gasteiger partial charge in [0.2, 0.25) is 11.8 Å². The lowest BCUT2D eigenvalue weighted by Gasteiger charge is -2.33. The van der Waals surface area contributed by atoms with E-state index in [-0.39, 0.29) is 35.2 Å². The van der Waals surface area contributed by atoms with Crippen LogP contribution in [0, 0.1) is 5.41 Å². The van der Waals surface area contributed by atoms with Crippen LogP contribution in [0.1, 0.15) is 55.1 Å². The van der Waals surface area contributed by atoms with E-state index >= 15 is 0 Å². The highest BCUT2D eigenvalue weighted by Crippen LogP contribution is 2.40. The molecule has 6 nitrogen and oxygen atoms in total. The van der Waals surface area contributed by atoms with Crippen molar-refractivity contribution in [3.05, 3.63) is 71.8 Å². The van der Waals surface area contributed by atoms with Crippen LogP contribution < -0.4 is 10.6 Å². The van der Waals surface area contributed by atoms with Gasteiger partial charge in [-0.05, 0) is 61.7 Å². The number of nitrogens with one attached hydrogen (secondary N) is 2. The standard InChI is InChI=1S/C30H38N4O2/c35-28(26-18-30(21-32-26)12-14-31-15-13-30)34-20-25(23-9-5-2-6-10-23)17-27(34)29(36)33-16-11-24(19-33)22-7-3-1-4-8-22/h1-10,24-27,31-32H,11-21H2. The molecular formula is C30H38N4O2. The quantitative estimate of drug-likeness (QED) is 0.697. The maximum Gasteiger partial charge on any atom is 0.245 e. The minimum absolute atomic E-state index is 0.126. The van der Waals surface area contributed by atoms with Gasteiger partial charge in [-0.2, -0.15) is 0 Å². The van der Waals surface area contributed by atoms with Crippen LogP contribution in [0.5, 0.6) is 0 Å². The zero-order valence-electron chi connectivity index (χ0n) is 21.1. The van der Waals surface area contributed by atoms with Gasteiger partial charge in [0.05, 0.1) is 6.04 Å². The van der Waals surface area contributed by atoms with Crippen LogP contribution in [0.15, 0.2) is 60.7 Å². The highest BCUT2D eigenvalue weighted by Gasteiger charge is 2.48. The maximum absolute atomic E-state index is 13.9. The third-order valence-electron chi connectivity index (χ3n) is 9.23. The molecule has 190 valence electrons. The lowest BCUT2D eigenvalue weighted by Crippen LogP contribution is -2.51. The van der Waals surface area contributed by atoms with E-state index in [1.807, 2.05) is 21.9 Å². The molecule has 4 atom stereocenters. The largest absolute Gasteiger partial charge is 0.340 e. The van der Waals surface area contributed by atoms with Crippen molar-refractivity contribution in [2.45, 2.75) is 56.0 Å². The molecule has 36 heavy (non-hydrogen) atoms. The zero-order valence-corrected chi connectivity index (χ0v) is 21.1. The number of rotatable bonds is 4. The number of benzene rings is 2. The summed E-state index contributed by atoms with van der Waals surface area (Å²) >= 11 is 0. The predicted octanol–water partition coefficient (Wildman–Crippen LogP) is 3.12. The van der Waals surface area contributed by atoms with Crippen molar-refractivity contribution in [2.24, 2.45) is 5.41 Å². The molecule has 0 saturated carbocycles. The van der Waals surface area contributed by atoms with E-state index in [0.717, 1.165) is 58.4 Å². The maximum atomic E-state index is 13.9. The lowest BCUT2D eigenvalue weighted by atomic mass is 9.77. The monoisotopic (exact) mass is 486 g/mol. The molecule has 1 spiro atoms. The van der Waals surface area contributed by atoms with Gasteiger partial charge in [-0.25, -0.2) is 0 Å². The van der Waals surface area contributed by atoms with Gasteiger partial charge < -0.3 is 20.4 Å². The number of likely N-dealkylation sites (tertiary alicyclic amines) is 2. The molecule has 0 radical (unpaired) electrons. The van der Waals surface area contributed by atoms with E-state index in [1.54, 1.807) is 0 Å². The summed E-state index contributed by atoms with van der Waals surface area (Å²) in [6.45, 7) is 5.11. The Balaban J connectivity index is 1.20. The molecule has 0 aromatic heterocycles. The first-order valence-electron chi connectivity index (χ1n) is 13.8. The molecule has 2 aromatic rings. The van der Waals surface area contributed by atoms with E-state index in [2.05, 4.69) is 59.2 Å². The second kappa shape index (κ2) is 9.98. The number of hydrogen-bond donors (Lipinski definition) is 2. The first kappa shape index (κ1) is 23.7. The van der Waals surface area contributed by atoms with E-state index in [0.29, 0.717) is 18.9 Å². The molecule has 4 aliphatic heterocycles. The van der Waals surface area contributed by atoms with Crippen molar-refractivity contribution in [3.8, 4) is 0 Å². The van der Waals surface area contributed by atoms with Gasteiger partial charge in [0.15, 0.2) is 0 Å². The normalized spacial score (nSPS) is 29.7. The zero-order chi connectivity index (χ0) is 24.5. The Hall–Kier alpha value is -2.70. The number of carbonyl (C=O) groups is 2. The number of nitrogens with zero attached hydrogens (tertiary/aromatic N) is 2. The Morgan fingerprint density at radius 3 is 2.19 bits per heavy atom. The fraction of sp³-hybridized carbons (Fsp3) is 0.533. The second-order valence-electron chi connectivity index (χ2n) is 11.4. The molecule has 4 unspecified atom stereocenters. The molecule has 6 rings (SSSR count). The van der Waals surface area contributed by atoms with Crippen LogP contribution in [0.2, 0.25) is 0 Å². The van der Waals surface area contributed by atoms with Crippen molar-refractivity contribution in [3.63, 3.8) is 0 Å². The summed E-state index contributed by atoms with van der Waals surface area (Å²) in [5, 5.41) is 7.02. The predicted molar refractivity (Wildman–Crippen MR) is 141 cm³/mol. The van der Waals surface area contributed by atoms with Crippen molar-refractivity contribution in [1.82, 2.24) is 20.4 Å². The molecule has 6 heteroatoms. The van der Waals surface area contributed by atoms with Gasteiger partial charge in [0.1, 0.15) is 6.04 Å². The van der Waals surface area contributed by atoms with Crippen LogP contribution in [-0.2, 0) is 9.59 Å². The Morgan fingerprint density at radius 1 is 0.833 bits per heavy atom. The molecule has 0 bridgehead atoms. The summed E-state index contributed by atoms with van der Waals surface area (Å²) < 4.78 is 0. The van der Waals surface area contributed by atoms with E-state index in [4.69, 9.17) is 0 Å². The van der Waals surface area contributed by atoms with Gasteiger partial charge in [0.25, 0.3) is 0 Å². The molecule has 2 aromatic carbocycles. The van der Waals surface area contributed by atoms with Crippen LogP contribution >= 0.6 is 0 Å². The summed E-state index contributed by atoms with van der Waals surface area (Å²) in [5.74, 6) is 0.837. The summed E-state index contributed by atoms with van der Waals surface area (Å²) in [5.41, 5.74) is 2.75. The van der Waals surface area contributed by atoms with Crippen LogP contribution in [0.4, 0.5) is 0 Å². The first-order chi connectivity index (χ1) is 17.6. The molecule has 4 saturated heterocycles. The summed E-state index contributed by atoms with van der Waals surface area (Å²) in [7, 11) is 0. The van der Waals surface area contributed by atoms with Crippen LogP contribution in [-0.4, -0.2) is 73.0 Å². The lowest BCUT2D eigenvalue weighted by molar-refractivity contribution is -0.144. The molecule has 2 amide bonds. The SMILES string of the molecule is O=C(C1CC(c2ccccc2)CN1C(=O)C1CC2(CCNCC2)CN1)N1CCC(c2ccccc2)C1. The summed E-state index contributed by atoms with van der Waals surface area (Å²) in [6.07, 6.45) is 4.82. The molecule has 2 N–H and O–H groups in total. The van der Waals surface area contributed by atoms with Crippen molar-refractivity contribution >= 4 is 11.8 Å². The number of amides is 2. The van der Waals surface area contributed by atoms with Gasteiger partial charge >= 0.3 is 0 Å². The fourth-order valence-electron chi connectivity index (χ4n) is 7.08. The van der Waals surface area contributed by atoms with Crippen LogP contribution in [0.25, 0.3) is 0 Å². The molecular weight excluding hydrogens is 448 g/mol.